The van der Waals surface area contributed by atoms with Crippen LogP contribution in [0.1, 0.15) is 19.3 Å². The Morgan fingerprint density at radius 3 is 3.17 bits per heavy atom. The third-order valence-electron chi connectivity index (χ3n) is 2.14. The minimum atomic E-state index is -0.684. The molecule has 0 aromatic heterocycles. The molecular weight excluding hydrogens is 156 g/mol. The van der Waals surface area contributed by atoms with Gasteiger partial charge >= 0.3 is 5.97 Å². The van der Waals surface area contributed by atoms with Gasteiger partial charge in [0.05, 0.1) is 12.5 Å². The highest BCUT2D eigenvalue weighted by Crippen LogP contribution is 2.24. The predicted molar refractivity (Wildman–Crippen MR) is 44.9 cm³/mol. The van der Waals surface area contributed by atoms with Crippen LogP contribution < -0.4 is 0 Å². The Hall–Kier alpha value is -0.830. The number of aliphatic carboxylic acids is 1. The maximum absolute atomic E-state index is 10.6. The van der Waals surface area contributed by atoms with Crippen LogP contribution in [0.2, 0.25) is 0 Å². The molecule has 0 amide bonds. The Balaban J connectivity index is 2.47. The van der Waals surface area contributed by atoms with E-state index in [-0.39, 0.29) is 5.92 Å². The average molecular weight is 170 g/mol. The van der Waals surface area contributed by atoms with Crippen molar-refractivity contribution in [3.63, 3.8) is 0 Å². The van der Waals surface area contributed by atoms with E-state index < -0.39 is 5.97 Å². The fourth-order valence-corrected chi connectivity index (χ4v) is 1.50. The average Bonchev–Trinajstić information content (AvgIpc) is 2.05. The summed E-state index contributed by atoms with van der Waals surface area (Å²) < 4.78 is 4.95. The van der Waals surface area contributed by atoms with E-state index in [1.807, 2.05) is 0 Å². The second kappa shape index (κ2) is 4.26. The molecule has 1 atom stereocenters. The van der Waals surface area contributed by atoms with Gasteiger partial charge in [0.1, 0.15) is 0 Å². The molecule has 3 nitrogen and oxygen atoms in total. The van der Waals surface area contributed by atoms with E-state index in [1.54, 1.807) is 7.11 Å². The van der Waals surface area contributed by atoms with Crippen LogP contribution in [0.15, 0.2) is 11.6 Å². The van der Waals surface area contributed by atoms with Crippen molar-refractivity contribution in [3.8, 4) is 0 Å². The largest absolute Gasteiger partial charge is 0.481 e. The van der Waals surface area contributed by atoms with Crippen molar-refractivity contribution in [2.75, 3.05) is 13.7 Å². The molecular formula is C9H14O3. The third kappa shape index (κ3) is 2.34. The zero-order chi connectivity index (χ0) is 8.97. The summed E-state index contributed by atoms with van der Waals surface area (Å²) in [4.78, 5) is 10.6. The van der Waals surface area contributed by atoms with Crippen LogP contribution >= 0.6 is 0 Å². The van der Waals surface area contributed by atoms with E-state index in [4.69, 9.17) is 9.84 Å². The number of rotatable bonds is 3. The van der Waals surface area contributed by atoms with Gasteiger partial charge in [0, 0.05) is 7.11 Å². The number of allylic oxidation sites excluding steroid dienone is 1. The molecule has 1 aliphatic carbocycles. The van der Waals surface area contributed by atoms with Crippen LogP contribution in [0.4, 0.5) is 0 Å². The molecule has 1 aliphatic rings. The topological polar surface area (TPSA) is 46.5 Å². The predicted octanol–water partition coefficient (Wildman–Crippen LogP) is 1.44. The zero-order valence-electron chi connectivity index (χ0n) is 7.25. The first-order valence-electron chi connectivity index (χ1n) is 4.13. The van der Waals surface area contributed by atoms with Gasteiger partial charge in [-0.3, -0.25) is 4.79 Å². The van der Waals surface area contributed by atoms with Crippen LogP contribution in [0.3, 0.4) is 0 Å². The summed E-state index contributed by atoms with van der Waals surface area (Å²) in [5.74, 6) is -0.878. The van der Waals surface area contributed by atoms with Crippen LogP contribution in [-0.2, 0) is 9.53 Å². The Morgan fingerprint density at radius 2 is 2.58 bits per heavy atom. The SMILES string of the molecule is COCC1=CCCC(C(=O)O)C1. The second-order valence-corrected chi connectivity index (χ2v) is 3.11. The first-order valence-corrected chi connectivity index (χ1v) is 4.13. The summed E-state index contributed by atoms with van der Waals surface area (Å²) in [5, 5.41) is 8.76. The number of carboxylic acids is 1. The lowest BCUT2D eigenvalue weighted by Gasteiger charge is -2.18. The standard InChI is InChI=1S/C9H14O3/c1-12-6-7-3-2-4-8(5-7)9(10)11/h3,8H,2,4-6H2,1H3,(H,10,11). The van der Waals surface area contributed by atoms with Crippen molar-refractivity contribution >= 4 is 5.97 Å². The van der Waals surface area contributed by atoms with Gasteiger partial charge < -0.3 is 9.84 Å². The summed E-state index contributed by atoms with van der Waals surface area (Å²) in [7, 11) is 1.63. The summed E-state index contributed by atoms with van der Waals surface area (Å²) in [6.45, 7) is 0.573. The van der Waals surface area contributed by atoms with Gasteiger partial charge in [-0.15, -0.1) is 0 Å². The number of methoxy groups -OCH3 is 1. The minimum Gasteiger partial charge on any atom is -0.481 e. The molecule has 3 heteroatoms. The van der Waals surface area contributed by atoms with E-state index >= 15 is 0 Å². The summed E-state index contributed by atoms with van der Waals surface area (Å²) in [6, 6.07) is 0. The normalized spacial score (nSPS) is 23.4. The van der Waals surface area contributed by atoms with Gasteiger partial charge in [0.2, 0.25) is 0 Å². The van der Waals surface area contributed by atoms with Crippen LogP contribution in [0.5, 0.6) is 0 Å². The van der Waals surface area contributed by atoms with Crippen molar-refractivity contribution in [1.29, 1.82) is 0 Å². The third-order valence-corrected chi connectivity index (χ3v) is 2.14. The zero-order valence-corrected chi connectivity index (χ0v) is 7.25. The molecule has 0 aromatic carbocycles. The van der Waals surface area contributed by atoms with Crippen molar-refractivity contribution < 1.29 is 14.6 Å². The van der Waals surface area contributed by atoms with Crippen molar-refractivity contribution in [3.05, 3.63) is 11.6 Å². The Bertz CT molecular complexity index is 196. The molecule has 0 saturated heterocycles. The molecule has 0 aliphatic heterocycles. The van der Waals surface area contributed by atoms with Crippen molar-refractivity contribution in [2.45, 2.75) is 19.3 Å². The van der Waals surface area contributed by atoms with E-state index in [0.717, 1.165) is 18.4 Å². The number of carboxylic acid groups (broad SMARTS) is 1. The molecule has 1 rings (SSSR count). The second-order valence-electron chi connectivity index (χ2n) is 3.11. The molecule has 0 radical (unpaired) electrons. The van der Waals surface area contributed by atoms with Gasteiger partial charge in [0.15, 0.2) is 0 Å². The summed E-state index contributed by atoms with van der Waals surface area (Å²) >= 11 is 0. The molecule has 0 saturated carbocycles. The highest BCUT2D eigenvalue weighted by Gasteiger charge is 2.21. The Morgan fingerprint density at radius 1 is 1.83 bits per heavy atom. The maximum atomic E-state index is 10.6. The van der Waals surface area contributed by atoms with Crippen LogP contribution in [0.25, 0.3) is 0 Å². The van der Waals surface area contributed by atoms with Crippen LogP contribution in [-0.4, -0.2) is 24.8 Å². The molecule has 0 aromatic rings. The fraction of sp³-hybridized carbons (Fsp3) is 0.667. The van der Waals surface area contributed by atoms with E-state index in [2.05, 4.69) is 6.08 Å². The minimum absolute atomic E-state index is 0.194. The smallest absolute Gasteiger partial charge is 0.306 e. The maximum Gasteiger partial charge on any atom is 0.306 e. The molecule has 1 N–H and O–H groups in total. The molecule has 1 unspecified atom stereocenters. The molecule has 12 heavy (non-hydrogen) atoms. The quantitative estimate of drug-likeness (QED) is 0.652. The molecule has 0 spiro atoms. The monoisotopic (exact) mass is 170 g/mol. The van der Waals surface area contributed by atoms with E-state index in [1.165, 1.54) is 0 Å². The van der Waals surface area contributed by atoms with Gasteiger partial charge in [-0.2, -0.15) is 0 Å². The number of hydrogen-bond donors (Lipinski definition) is 1. The van der Waals surface area contributed by atoms with Gasteiger partial charge in [-0.25, -0.2) is 0 Å². The fourth-order valence-electron chi connectivity index (χ4n) is 1.50. The van der Waals surface area contributed by atoms with E-state index in [9.17, 15) is 4.79 Å². The molecule has 0 fully saturated rings. The summed E-state index contributed by atoms with van der Waals surface area (Å²) in [6.07, 6.45) is 4.38. The lowest BCUT2D eigenvalue weighted by molar-refractivity contribution is -0.142. The number of ether oxygens (including phenoxy) is 1. The lowest BCUT2D eigenvalue weighted by Crippen LogP contribution is -2.18. The lowest BCUT2D eigenvalue weighted by atomic mass is 9.89. The van der Waals surface area contributed by atoms with Gasteiger partial charge in [0.25, 0.3) is 0 Å². The highest BCUT2D eigenvalue weighted by molar-refractivity contribution is 5.70. The first-order chi connectivity index (χ1) is 5.74. The van der Waals surface area contributed by atoms with Gasteiger partial charge in [-0.05, 0) is 24.8 Å². The summed E-state index contributed by atoms with van der Waals surface area (Å²) in [5.41, 5.74) is 1.12. The first kappa shape index (κ1) is 9.26. The highest BCUT2D eigenvalue weighted by atomic mass is 16.5. The number of hydrogen-bond acceptors (Lipinski definition) is 2. The Labute approximate surface area is 72.0 Å². The van der Waals surface area contributed by atoms with E-state index in [0.29, 0.717) is 13.0 Å². The molecule has 68 valence electrons. The number of carbonyl (C=O) groups is 1. The molecule has 0 bridgehead atoms. The Kier molecular flexibility index (Phi) is 3.29. The molecule has 0 heterocycles. The van der Waals surface area contributed by atoms with Crippen molar-refractivity contribution in [1.82, 2.24) is 0 Å². The van der Waals surface area contributed by atoms with Crippen molar-refractivity contribution in [2.24, 2.45) is 5.92 Å². The van der Waals surface area contributed by atoms with Gasteiger partial charge in [-0.1, -0.05) is 6.08 Å². The van der Waals surface area contributed by atoms with Crippen LogP contribution in [0, 0.1) is 5.92 Å².